The topological polar surface area (TPSA) is 34.1 Å². The van der Waals surface area contributed by atoms with Crippen LogP contribution in [0.5, 0.6) is 5.75 Å². The van der Waals surface area contributed by atoms with Gasteiger partial charge in [0.15, 0.2) is 5.13 Å². The van der Waals surface area contributed by atoms with Gasteiger partial charge >= 0.3 is 0 Å². The Balaban J connectivity index is 1.66. The summed E-state index contributed by atoms with van der Waals surface area (Å²) in [6, 6.07) is 12.6. The molecule has 21 heavy (non-hydrogen) atoms. The minimum atomic E-state index is -0.230. The molecule has 1 heterocycles. The second-order valence-electron chi connectivity index (χ2n) is 4.62. The molecule has 0 fully saturated rings. The Morgan fingerprint density at radius 2 is 2.10 bits per heavy atom. The second kappa shape index (κ2) is 6.10. The van der Waals surface area contributed by atoms with Crippen LogP contribution in [0.1, 0.15) is 5.56 Å². The van der Waals surface area contributed by atoms with Crippen molar-refractivity contribution >= 4 is 26.7 Å². The van der Waals surface area contributed by atoms with Gasteiger partial charge in [0.25, 0.3) is 0 Å². The van der Waals surface area contributed by atoms with Crippen LogP contribution in [0.4, 0.5) is 9.52 Å². The molecule has 3 aromatic rings. The summed E-state index contributed by atoms with van der Waals surface area (Å²) >= 11 is 1.46. The molecule has 3 nitrogen and oxygen atoms in total. The van der Waals surface area contributed by atoms with E-state index in [1.165, 1.54) is 23.5 Å². The van der Waals surface area contributed by atoms with Gasteiger partial charge < -0.3 is 10.1 Å². The molecule has 0 unspecified atom stereocenters. The Morgan fingerprint density at radius 1 is 1.24 bits per heavy atom. The van der Waals surface area contributed by atoms with Crippen molar-refractivity contribution in [3.05, 3.63) is 53.8 Å². The lowest BCUT2D eigenvalue weighted by Crippen LogP contribution is -2.05. The number of fused-ring (bicyclic) bond motifs is 1. The molecule has 0 aliphatic carbocycles. The summed E-state index contributed by atoms with van der Waals surface area (Å²) in [6.45, 7) is 0.753. The van der Waals surface area contributed by atoms with Gasteiger partial charge in [-0.3, -0.25) is 0 Å². The molecule has 0 saturated carbocycles. The monoisotopic (exact) mass is 302 g/mol. The van der Waals surface area contributed by atoms with Crippen LogP contribution in [-0.2, 0) is 6.42 Å². The third kappa shape index (κ3) is 3.13. The third-order valence-electron chi connectivity index (χ3n) is 3.21. The van der Waals surface area contributed by atoms with Crippen LogP contribution in [0, 0.1) is 5.82 Å². The first-order chi connectivity index (χ1) is 10.3. The quantitative estimate of drug-likeness (QED) is 0.770. The number of rotatable bonds is 5. The lowest BCUT2D eigenvalue weighted by Gasteiger charge is -2.08. The highest BCUT2D eigenvalue weighted by Gasteiger charge is 2.05. The molecule has 1 N–H and O–H groups in total. The van der Waals surface area contributed by atoms with Crippen LogP contribution in [0.2, 0.25) is 0 Å². The SMILES string of the molecule is COc1ccccc1CCNc1nc2ccc(F)cc2s1. The number of nitrogens with one attached hydrogen (secondary N) is 1. The van der Waals surface area contributed by atoms with Crippen LogP contribution >= 0.6 is 11.3 Å². The summed E-state index contributed by atoms with van der Waals surface area (Å²) < 4.78 is 19.3. The molecule has 0 aliphatic rings. The molecule has 0 bridgehead atoms. The van der Waals surface area contributed by atoms with E-state index in [2.05, 4.69) is 10.3 Å². The molecule has 0 atom stereocenters. The van der Waals surface area contributed by atoms with Crippen molar-refractivity contribution < 1.29 is 9.13 Å². The lowest BCUT2D eigenvalue weighted by atomic mass is 10.1. The lowest BCUT2D eigenvalue weighted by molar-refractivity contribution is 0.410. The maximum atomic E-state index is 13.1. The van der Waals surface area contributed by atoms with Crippen molar-refractivity contribution in [3.63, 3.8) is 0 Å². The molecule has 1 aromatic heterocycles. The van der Waals surface area contributed by atoms with Gasteiger partial charge in [0, 0.05) is 6.54 Å². The highest BCUT2D eigenvalue weighted by Crippen LogP contribution is 2.26. The molecule has 0 aliphatic heterocycles. The molecule has 3 rings (SSSR count). The number of methoxy groups -OCH3 is 1. The van der Waals surface area contributed by atoms with E-state index in [1.807, 2.05) is 24.3 Å². The highest BCUT2D eigenvalue weighted by atomic mass is 32.1. The third-order valence-corrected chi connectivity index (χ3v) is 4.19. The molecule has 0 amide bonds. The zero-order valence-corrected chi connectivity index (χ0v) is 12.4. The largest absolute Gasteiger partial charge is 0.496 e. The number of para-hydroxylation sites is 1. The van der Waals surface area contributed by atoms with Gasteiger partial charge in [-0.05, 0) is 36.2 Å². The van der Waals surface area contributed by atoms with Crippen molar-refractivity contribution in [1.29, 1.82) is 0 Å². The molecule has 108 valence electrons. The van der Waals surface area contributed by atoms with Gasteiger partial charge in [0.05, 0.1) is 17.3 Å². The van der Waals surface area contributed by atoms with Gasteiger partial charge in [-0.2, -0.15) is 0 Å². The molecule has 0 spiro atoms. The van der Waals surface area contributed by atoms with E-state index in [1.54, 1.807) is 13.2 Å². The number of aromatic nitrogens is 1. The summed E-state index contributed by atoms with van der Waals surface area (Å²) in [5, 5.41) is 4.09. The number of thiazole rings is 1. The molecule has 0 saturated heterocycles. The van der Waals surface area contributed by atoms with Crippen LogP contribution in [-0.4, -0.2) is 18.6 Å². The Hall–Kier alpha value is -2.14. The minimum absolute atomic E-state index is 0.230. The first kappa shape index (κ1) is 13.8. The number of ether oxygens (including phenoxy) is 1. The predicted octanol–water partition coefficient (Wildman–Crippen LogP) is 4.10. The van der Waals surface area contributed by atoms with E-state index in [0.29, 0.717) is 0 Å². The van der Waals surface area contributed by atoms with Crippen LogP contribution < -0.4 is 10.1 Å². The number of hydrogen-bond acceptors (Lipinski definition) is 4. The van der Waals surface area contributed by atoms with Gasteiger partial charge in [-0.15, -0.1) is 0 Å². The van der Waals surface area contributed by atoms with Gasteiger partial charge in [0.1, 0.15) is 11.6 Å². The van der Waals surface area contributed by atoms with Gasteiger partial charge in [-0.25, -0.2) is 9.37 Å². The van der Waals surface area contributed by atoms with E-state index in [4.69, 9.17) is 4.74 Å². The number of benzene rings is 2. The predicted molar refractivity (Wildman–Crippen MR) is 84.8 cm³/mol. The van der Waals surface area contributed by atoms with Crippen molar-refractivity contribution in [2.75, 3.05) is 19.0 Å². The van der Waals surface area contributed by atoms with E-state index in [-0.39, 0.29) is 5.82 Å². The van der Waals surface area contributed by atoms with E-state index in [0.717, 1.165) is 39.6 Å². The van der Waals surface area contributed by atoms with Crippen molar-refractivity contribution in [1.82, 2.24) is 4.98 Å². The fourth-order valence-electron chi connectivity index (χ4n) is 2.19. The first-order valence-electron chi connectivity index (χ1n) is 6.68. The summed E-state index contributed by atoms with van der Waals surface area (Å²) in [5.74, 6) is 0.664. The average molecular weight is 302 g/mol. The summed E-state index contributed by atoms with van der Waals surface area (Å²) in [6.07, 6.45) is 0.842. The summed E-state index contributed by atoms with van der Waals surface area (Å²) in [4.78, 5) is 4.44. The van der Waals surface area contributed by atoms with Crippen LogP contribution in [0.25, 0.3) is 10.2 Å². The van der Waals surface area contributed by atoms with Gasteiger partial charge in [0.2, 0.25) is 0 Å². The van der Waals surface area contributed by atoms with Crippen molar-refractivity contribution in [2.45, 2.75) is 6.42 Å². The zero-order chi connectivity index (χ0) is 14.7. The smallest absolute Gasteiger partial charge is 0.183 e. The number of anilines is 1. The fourth-order valence-corrected chi connectivity index (χ4v) is 3.10. The Kier molecular flexibility index (Phi) is 4.01. The van der Waals surface area contributed by atoms with E-state index >= 15 is 0 Å². The Morgan fingerprint density at radius 3 is 2.95 bits per heavy atom. The minimum Gasteiger partial charge on any atom is -0.496 e. The van der Waals surface area contributed by atoms with E-state index < -0.39 is 0 Å². The molecule has 2 aromatic carbocycles. The summed E-state index contributed by atoms with van der Waals surface area (Å²) in [7, 11) is 1.67. The standard InChI is InChI=1S/C16H15FN2OS/c1-20-14-5-3-2-4-11(14)8-9-18-16-19-13-7-6-12(17)10-15(13)21-16/h2-7,10H,8-9H2,1H3,(H,18,19). The van der Waals surface area contributed by atoms with E-state index in [9.17, 15) is 4.39 Å². The molecule has 0 radical (unpaired) electrons. The number of nitrogens with zero attached hydrogens (tertiary/aromatic N) is 1. The van der Waals surface area contributed by atoms with Crippen molar-refractivity contribution in [3.8, 4) is 5.75 Å². The summed E-state index contributed by atoms with van der Waals surface area (Å²) in [5.41, 5.74) is 1.97. The maximum absolute atomic E-state index is 13.1. The average Bonchev–Trinajstić information content (AvgIpc) is 2.89. The number of halogens is 1. The maximum Gasteiger partial charge on any atom is 0.183 e. The van der Waals surface area contributed by atoms with Crippen LogP contribution in [0.3, 0.4) is 0 Å². The first-order valence-corrected chi connectivity index (χ1v) is 7.50. The van der Waals surface area contributed by atoms with Crippen LogP contribution in [0.15, 0.2) is 42.5 Å². The Bertz CT molecular complexity index is 757. The van der Waals surface area contributed by atoms with Crippen molar-refractivity contribution in [2.24, 2.45) is 0 Å². The molecular weight excluding hydrogens is 287 g/mol. The molecular formula is C16H15FN2OS. The fraction of sp³-hybridized carbons (Fsp3) is 0.188. The molecule has 5 heteroatoms. The normalized spacial score (nSPS) is 10.8. The van der Waals surface area contributed by atoms with Gasteiger partial charge in [-0.1, -0.05) is 29.5 Å². The zero-order valence-electron chi connectivity index (χ0n) is 11.6. The highest BCUT2D eigenvalue weighted by molar-refractivity contribution is 7.22. The number of hydrogen-bond donors (Lipinski definition) is 1. The Labute approximate surface area is 126 Å². The second-order valence-corrected chi connectivity index (χ2v) is 5.65.